The molecule has 2 amide bonds. The van der Waals surface area contributed by atoms with Gasteiger partial charge in [-0.05, 0) is 29.5 Å². The minimum atomic E-state index is -4.43. The van der Waals surface area contributed by atoms with Crippen molar-refractivity contribution in [2.45, 2.75) is 77.8 Å². The Labute approximate surface area is 188 Å². The Hall–Kier alpha value is -2.09. The predicted molar refractivity (Wildman–Crippen MR) is 116 cm³/mol. The zero-order chi connectivity index (χ0) is 23.7. The van der Waals surface area contributed by atoms with Gasteiger partial charge in [-0.15, -0.1) is 0 Å². The van der Waals surface area contributed by atoms with E-state index in [0.29, 0.717) is 37.9 Å². The van der Waals surface area contributed by atoms with Crippen molar-refractivity contribution in [2.75, 3.05) is 13.1 Å². The van der Waals surface area contributed by atoms with Crippen molar-refractivity contribution in [1.82, 2.24) is 15.1 Å². The number of piperidine rings is 1. The third kappa shape index (κ3) is 5.11. The van der Waals surface area contributed by atoms with Crippen molar-refractivity contribution >= 4 is 11.8 Å². The van der Waals surface area contributed by atoms with Crippen molar-refractivity contribution in [3.05, 3.63) is 35.4 Å². The lowest BCUT2D eigenvalue weighted by atomic mass is 9.94. The molecule has 2 unspecified atom stereocenters. The van der Waals surface area contributed by atoms with E-state index in [0.717, 1.165) is 18.6 Å². The molecule has 1 aromatic rings. The fraction of sp³-hybridized carbons (Fsp3) is 0.667. The van der Waals surface area contributed by atoms with Crippen LogP contribution in [-0.4, -0.2) is 46.4 Å². The molecule has 0 saturated carbocycles. The Balaban J connectivity index is 1.84. The first-order valence-electron chi connectivity index (χ1n) is 11.5. The second-order valence-corrected chi connectivity index (χ2v) is 9.64. The van der Waals surface area contributed by atoms with Crippen LogP contribution in [0.4, 0.5) is 13.2 Å². The minimum Gasteiger partial charge on any atom is -0.342 e. The second-order valence-electron chi connectivity index (χ2n) is 9.64. The summed E-state index contributed by atoms with van der Waals surface area (Å²) in [4.78, 5) is 29.5. The maximum Gasteiger partial charge on any atom is 0.416 e. The fourth-order valence-electron chi connectivity index (χ4n) is 4.71. The average Bonchev–Trinajstić information content (AvgIpc) is 2.99. The number of carbonyl (C=O) groups is 2. The molecule has 178 valence electrons. The Kier molecular flexibility index (Phi) is 7.22. The van der Waals surface area contributed by atoms with Gasteiger partial charge in [-0.3, -0.25) is 14.9 Å². The van der Waals surface area contributed by atoms with E-state index < -0.39 is 17.4 Å². The molecule has 32 heavy (non-hydrogen) atoms. The van der Waals surface area contributed by atoms with Crippen LogP contribution in [0.2, 0.25) is 0 Å². The van der Waals surface area contributed by atoms with Crippen LogP contribution in [0.25, 0.3) is 0 Å². The van der Waals surface area contributed by atoms with E-state index in [9.17, 15) is 22.8 Å². The molecule has 0 aromatic heterocycles. The first-order valence-corrected chi connectivity index (χ1v) is 11.5. The molecule has 2 aliphatic heterocycles. The first kappa shape index (κ1) is 24.6. The second kappa shape index (κ2) is 9.41. The number of nitrogens with zero attached hydrogens (tertiary/aromatic N) is 2. The number of alkyl halides is 3. The lowest BCUT2D eigenvalue weighted by Crippen LogP contribution is -2.59. The zero-order valence-electron chi connectivity index (χ0n) is 19.3. The summed E-state index contributed by atoms with van der Waals surface area (Å²) in [7, 11) is 0. The maximum atomic E-state index is 13.4. The van der Waals surface area contributed by atoms with Crippen LogP contribution in [0.15, 0.2) is 24.3 Å². The molecule has 1 N–H and O–H groups in total. The lowest BCUT2D eigenvalue weighted by Gasteiger charge is -2.45. The Morgan fingerprint density at radius 3 is 2.44 bits per heavy atom. The summed E-state index contributed by atoms with van der Waals surface area (Å²) in [5, 5.41) is 3.54. The number of likely N-dealkylation sites (tertiary alicyclic amines) is 1. The van der Waals surface area contributed by atoms with Crippen LogP contribution in [0.5, 0.6) is 0 Å². The summed E-state index contributed by atoms with van der Waals surface area (Å²) in [6.45, 7) is 9.22. The molecule has 1 spiro atoms. The fourth-order valence-corrected chi connectivity index (χ4v) is 4.71. The van der Waals surface area contributed by atoms with Crippen LogP contribution < -0.4 is 5.32 Å². The topological polar surface area (TPSA) is 52.7 Å². The third-order valence-electron chi connectivity index (χ3n) is 6.81. The van der Waals surface area contributed by atoms with Crippen LogP contribution in [0.3, 0.4) is 0 Å². The van der Waals surface area contributed by atoms with Gasteiger partial charge in [-0.25, -0.2) is 0 Å². The van der Waals surface area contributed by atoms with Gasteiger partial charge in [0.1, 0.15) is 0 Å². The first-order chi connectivity index (χ1) is 15.0. The van der Waals surface area contributed by atoms with Gasteiger partial charge in [0.25, 0.3) is 0 Å². The van der Waals surface area contributed by atoms with E-state index in [2.05, 4.69) is 5.32 Å². The maximum absolute atomic E-state index is 13.4. The smallest absolute Gasteiger partial charge is 0.342 e. The summed E-state index contributed by atoms with van der Waals surface area (Å²) >= 11 is 0. The van der Waals surface area contributed by atoms with Crippen molar-refractivity contribution in [3.8, 4) is 0 Å². The Bertz CT molecular complexity index is 832. The van der Waals surface area contributed by atoms with Gasteiger partial charge < -0.3 is 9.80 Å². The molecule has 0 bridgehead atoms. The SMILES string of the molecule is CCC(C)C1NC2(CCN(C(=O)CC(C)C)CC2)N(Cc2cccc(C(F)(F)F)c2)C1=O. The van der Waals surface area contributed by atoms with Crippen LogP contribution in [0.1, 0.15) is 64.5 Å². The van der Waals surface area contributed by atoms with Gasteiger partial charge in [-0.1, -0.05) is 46.2 Å². The number of carbonyl (C=O) groups excluding carboxylic acids is 2. The number of nitrogens with one attached hydrogen (secondary N) is 1. The van der Waals surface area contributed by atoms with Crippen LogP contribution >= 0.6 is 0 Å². The summed E-state index contributed by atoms with van der Waals surface area (Å²) in [6, 6.07) is 4.82. The molecule has 5 nitrogen and oxygen atoms in total. The quantitative estimate of drug-likeness (QED) is 0.694. The molecule has 3 rings (SSSR count). The van der Waals surface area contributed by atoms with Gasteiger partial charge in [-0.2, -0.15) is 13.2 Å². The lowest BCUT2D eigenvalue weighted by molar-refractivity contribution is -0.138. The highest BCUT2D eigenvalue weighted by molar-refractivity contribution is 5.85. The third-order valence-corrected chi connectivity index (χ3v) is 6.81. The number of hydrogen-bond donors (Lipinski definition) is 1. The van der Waals surface area contributed by atoms with Crippen molar-refractivity contribution in [2.24, 2.45) is 11.8 Å². The number of hydrogen-bond acceptors (Lipinski definition) is 3. The highest BCUT2D eigenvalue weighted by Crippen LogP contribution is 2.37. The highest BCUT2D eigenvalue weighted by Gasteiger charge is 2.52. The molecular weight excluding hydrogens is 419 g/mol. The van der Waals surface area contributed by atoms with E-state index in [1.165, 1.54) is 6.07 Å². The molecule has 2 saturated heterocycles. The summed E-state index contributed by atoms with van der Waals surface area (Å²) in [5.74, 6) is 0.420. The summed E-state index contributed by atoms with van der Waals surface area (Å²) < 4.78 is 39.6. The van der Waals surface area contributed by atoms with Gasteiger partial charge in [0.2, 0.25) is 11.8 Å². The zero-order valence-corrected chi connectivity index (χ0v) is 19.3. The monoisotopic (exact) mass is 453 g/mol. The highest BCUT2D eigenvalue weighted by atomic mass is 19.4. The molecule has 2 fully saturated rings. The average molecular weight is 454 g/mol. The van der Waals surface area contributed by atoms with E-state index in [-0.39, 0.29) is 36.2 Å². The van der Waals surface area contributed by atoms with Gasteiger partial charge in [0.15, 0.2) is 0 Å². The molecule has 8 heteroatoms. The molecule has 0 radical (unpaired) electrons. The number of benzene rings is 1. The molecule has 2 aliphatic rings. The normalized spacial score (nSPS) is 22.1. The summed E-state index contributed by atoms with van der Waals surface area (Å²) in [5.41, 5.74) is -0.901. The minimum absolute atomic E-state index is 0.0706. The van der Waals surface area contributed by atoms with Gasteiger partial charge in [0, 0.05) is 38.9 Å². The van der Waals surface area contributed by atoms with Crippen molar-refractivity contribution in [1.29, 1.82) is 0 Å². The van der Waals surface area contributed by atoms with Gasteiger partial charge >= 0.3 is 6.18 Å². The molecule has 0 aliphatic carbocycles. The van der Waals surface area contributed by atoms with Crippen molar-refractivity contribution in [3.63, 3.8) is 0 Å². The molecular formula is C24H34F3N3O2. The van der Waals surface area contributed by atoms with Crippen molar-refractivity contribution < 1.29 is 22.8 Å². The van der Waals surface area contributed by atoms with Crippen LogP contribution in [0, 0.1) is 11.8 Å². The van der Waals surface area contributed by atoms with Crippen LogP contribution in [-0.2, 0) is 22.3 Å². The Morgan fingerprint density at radius 2 is 1.88 bits per heavy atom. The van der Waals surface area contributed by atoms with E-state index in [4.69, 9.17) is 0 Å². The molecule has 1 aromatic carbocycles. The molecule has 2 atom stereocenters. The van der Waals surface area contributed by atoms with E-state index >= 15 is 0 Å². The number of halogens is 3. The largest absolute Gasteiger partial charge is 0.416 e. The predicted octanol–water partition coefficient (Wildman–Crippen LogP) is 4.42. The molecule has 2 heterocycles. The Morgan fingerprint density at radius 1 is 1.22 bits per heavy atom. The van der Waals surface area contributed by atoms with E-state index in [1.54, 1.807) is 11.0 Å². The van der Waals surface area contributed by atoms with E-state index in [1.807, 2.05) is 32.6 Å². The standard InChI is InChI=1S/C24H34F3N3O2/c1-5-17(4)21-22(32)30(15-18-7-6-8-19(14-18)24(25,26)27)23(28-21)9-11-29(12-10-23)20(31)13-16(2)3/h6-8,14,16-17,21,28H,5,9-13,15H2,1-4H3. The summed E-state index contributed by atoms with van der Waals surface area (Å²) in [6.07, 6.45) is -2.00. The number of amides is 2. The van der Waals surface area contributed by atoms with Gasteiger partial charge in [0.05, 0.1) is 17.3 Å². The number of rotatable bonds is 6.